The van der Waals surface area contributed by atoms with Gasteiger partial charge in [0.05, 0.1) is 20.8 Å². The average molecular weight is 312 g/mol. The van der Waals surface area contributed by atoms with Gasteiger partial charge >= 0.3 is 0 Å². The Morgan fingerprint density at radius 3 is 2.55 bits per heavy atom. The van der Waals surface area contributed by atoms with Gasteiger partial charge in [-0.2, -0.15) is 0 Å². The molecule has 1 aromatic carbocycles. The molecule has 1 aliphatic heterocycles. The van der Waals surface area contributed by atoms with Crippen LogP contribution >= 0.6 is 11.3 Å². The van der Waals surface area contributed by atoms with E-state index in [-0.39, 0.29) is 0 Å². The predicted octanol–water partition coefficient (Wildman–Crippen LogP) is 3.06. The van der Waals surface area contributed by atoms with Crippen LogP contribution in [-0.4, -0.2) is 33.2 Å². The molecule has 0 spiro atoms. The minimum absolute atomic E-state index is 1.02. The summed E-state index contributed by atoms with van der Waals surface area (Å²) in [6.07, 6.45) is 1.02. The summed E-state index contributed by atoms with van der Waals surface area (Å²) in [5, 5.41) is 1.29. The third kappa shape index (κ3) is 2.48. The fourth-order valence-corrected chi connectivity index (χ4v) is 3.97. The summed E-state index contributed by atoms with van der Waals surface area (Å²) < 4.78 is 3.43. The summed E-state index contributed by atoms with van der Waals surface area (Å²) in [5.41, 5.74) is 4.77. The van der Waals surface area contributed by atoms with Gasteiger partial charge in [0, 0.05) is 31.4 Å². The minimum Gasteiger partial charge on any atom is -0.378 e. The second-order valence-corrected chi connectivity index (χ2v) is 6.97. The molecule has 1 aromatic rings. The summed E-state index contributed by atoms with van der Waals surface area (Å²) in [5.74, 6) is 0. The molecule has 0 N–H and O–H groups in total. The maximum Gasteiger partial charge on any atom is 0.204 e. The van der Waals surface area contributed by atoms with Crippen LogP contribution in [0, 0.1) is 0 Å². The number of benzene rings is 2. The van der Waals surface area contributed by atoms with Crippen molar-refractivity contribution in [1.82, 2.24) is 9.56 Å². The normalized spacial score (nSPS) is 11.1. The van der Waals surface area contributed by atoms with Gasteiger partial charge in [-0.1, -0.05) is 6.92 Å². The zero-order valence-electron chi connectivity index (χ0n) is 13.8. The van der Waals surface area contributed by atoms with E-state index >= 15 is 0 Å². The topological polar surface area (TPSA) is 19.1 Å². The average Bonchev–Trinajstić information content (AvgIpc) is 2.50. The second-order valence-electron chi connectivity index (χ2n) is 5.92. The Morgan fingerprint density at radius 2 is 1.91 bits per heavy atom. The molecule has 1 aliphatic carbocycles. The number of aromatic nitrogens is 1. The van der Waals surface area contributed by atoms with Gasteiger partial charge in [-0.3, -0.25) is 0 Å². The predicted molar refractivity (Wildman–Crippen MR) is 97.1 cm³/mol. The van der Waals surface area contributed by atoms with Crippen molar-refractivity contribution < 1.29 is 0 Å². The molecule has 0 radical (unpaired) electrons. The van der Waals surface area contributed by atoms with Crippen molar-refractivity contribution in [2.45, 2.75) is 13.3 Å². The molecule has 3 nitrogen and oxygen atoms in total. The quantitative estimate of drug-likeness (QED) is 0.535. The molecule has 0 saturated carbocycles. The second kappa shape index (κ2) is 5.69. The van der Waals surface area contributed by atoms with E-state index < -0.39 is 0 Å². The Bertz CT molecular complexity index is 873. The Kier molecular flexibility index (Phi) is 3.87. The third-order valence-electron chi connectivity index (χ3n) is 3.96. The van der Waals surface area contributed by atoms with Crippen LogP contribution in [0.25, 0.3) is 20.8 Å². The summed E-state index contributed by atoms with van der Waals surface area (Å²) >= 11 is 1.85. The third-order valence-corrected chi connectivity index (χ3v) is 5.17. The largest absolute Gasteiger partial charge is 0.378 e. The molecule has 0 amide bonds. The van der Waals surface area contributed by atoms with Crippen molar-refractivity contribution >= 4 is 27.2 Å². The van der Waals surface area contributed by atoms with E-state index in [1.165, 1.54) is 26.2 Å². The first kappa shape index (κ1) is 15.0. The maximum absolute atomic E-state index is 4.86. The van der Waals surface area contributed by atoms with E-state index in [9.17, 15) is 0 Å². The highest BCUT2D eigenvalue weighted by atomic mass is 32.1. The van der Waals surface area contributed by atoms with Gasteiger partial charge in [-0.05, 0) is 30.7 Å². The number of hydrogen-bond donors (Lipinski definition) is 0. The highest BCUT2D eigenvalue weighted by Gasteiger charge is 2.16. The molecule has 4 heteroatoms. The Hall–Kier alpha value is -1.94. The lowest BCUT2D eigenvalue weighted by molar-refractivity contribution is 0.799. The fraction of sp³-hybridized carbons (Fsp3) is 0.333. The van der Waals surface area contributed by atoms with Crippen LogP contribution in [0.1, 0.15) is 12.5 Å². The molecule has 0 aromatic heterocycles. The van der Waals surface area contributed by atoms with E-state index in [0.29, 0.717) is 0 Å². The molecule has 0 unspecified atom stereocenters. The Labute approximate surface area is 135 Å². The maximum atomic E-state index is 4.86. The van der Waals surface area contributed by atoms with Gasteiger partial charge in [0.25, 0.3) is 0 Å². The molecule has 1 heterocycles. The van der Waals surface area contributed by atoms with Crippen LogP contribution in [0.5, 0.6) is 0 Å². The molecular formula is C18H22N3S+. The lowest BCUT2D eigenvalue weighted by Crippen LogP contribution is -2.26. The van der Waals surface area contributed by atoms with E-state index in [2.05, 4.69) is 74.9 Å². The smallest absolute Gasteiger partial charge is 0.204 e. The first-order valence-corrected chi connectivity index (χ1v) is 8.37. The summed E-state index contributed by atoms with van der Waals surface area (Å²) in [6.45, 7) is 2.22. The van der Waals surface area contributed by atoms with Crippen LogP contribution in [0.2, 0.25) is 0 Å². The lowest BCUT2D eigenvalue weighted by Gasteiger charge is -2.14. The van der Waals surface area contributed by atoms with Crippen molar-refractivity contribution in [3.05, 3.63) is 41.3 Å². The van der Waals surface area contributed by atoms with Crippen LogP contribution in [0.3, 0.4) is 0 Å². The van der Waals surface area contributed by atoms with Gasteiger partial charge in [-0.25, -0.2) is 9.56 Å². The van der Waals surface area contributed by atoms with Crippen molar-refractivity contribution in [3.63, 3.8) is 0 Å². The molecule has 0 bridgehead atoms. The van der Waals surface area contributed by atoms with Crippen molar-refractivity contribution in [2.75, 3.05) is 33.1 Å². The van der Waals surface area contributed by atoms with E-state index in [1.54, 1.807) is 0 Å². The number of hydrogen-bond acceptors (Lipinski definition) is 3. The first-order valence-electron chi connectivity index (χ1n) is 7.55. The lowest BCUT2D eigenvalue weighted by atomic mass is 10.1. The van der Waals surface area contributed by atoms with Crippen LogP contribution in [0.4, 0.5) is 5.69 Å². The Morgan fingerprint density at radius 1 is 1.14 bits per heavy atom. The highest BCUT2D eigenvalue weighted by molar-refractivity contribution is 7.21. The molecule has 2 aliphatic rings. The number of rotatable bonds is 2. The minimum atomic E-state index is 1.02. The van der Waals surface area contributed by atoms with Crippen LogP contribution in [0.15, 0.2) is 30.3 Å². The van der Waals surface area contributed by atoms with Crippen molar-refractivity contribution in [2.24, 2.45) is 0 Å². The highest BCUT2D eigenvalue weighted by Crippen LogP contribution is 2.33. The fourth-order valence-electron chi connectivity index (χ4n) is 2.76. The van der Waals surface area contributed by atoms with E-state index in [1.807, 2.05) is 11.3 Å². The standard InChI is InChI=1S/C18H22N3S/c1-6-13-16(21(4)5)10-9-15-18(13)22-17-11-12(20(2)3)7-8-14(17)19-15/h7-11H,6H2,1-5H3/q+1. The van der Waals surface area contributed by atoms with Gasteiger partial charge in [0.2, 0.25) is 5.36 Å². The number of anilines is 1. The molecule has 0 fully saturated rings. The molecular weight excluding hydrogens is 290 g/mol. The van der Waals surface area contributed by atoms with Gasteiger partial charge in [-0.15, -0.1) is 11.3 Å². The summed E-state index contributed by atoms with van der Waals surface area (Å²) in [6, 6.07) is 10.8. The van der Waals surface area contributed by atoms with Gasteiger partial charge in [0.15, 0.2) is 0 Å². The monoisotopic (exact) mass is 312 g/mol. The zero-order valence-corrected chi connectivity index (χ0v) is 14.7. The van der Waals surface area contributed by atoms with Crippen molar-refractivity contribution in [1.29, 1.82) is 0 Å². The summed E-state index contributed by atoms with van der Waals surface area (Å²) in [7, 11) is 8.34. The first-order chi connectivity index (χ1) is 10.5. The number of nitrogens with zero attached hydrogens (tertiary/aromatic N) is 3. The molecule has 22 heavy (non-hydrogen) atoms. The SMILES string of the molecule is CCc1c2sc3cc(N(C)C)ccc3nc-2ccc1=[N+](C)C. The van der Waals surface area contributed by atoms with Crippen molar-refractivity contribution in [3.8, 4) is 10.6 Å². The van der Waals surface area contributed by atoms with Crippen LogP contribution < -0.4 is 14.8 Å². The molecule has 3 rings (SSSR count). The van der Waals surface area contributed by atoms with Gasteiger partial charge in [0.1, 0.15) is 14.1 Å². The number of fused-ring (bicyclic) bond motifs is 2. The van der Waals surface area contributed by atoms with E-state index in [0.717, 1.165) is 17.6 Å². The van der Waals surface area contributed by atoms with E-state index in [4.69, 9.17) is 4.98 Å². The molecule has 0 saturated heterocycles. The van der Waals surface area contributed by atoms with Gasteiger partial charge < -0.3 is 4.90 Å². The summed E-state index contributed by atoms with van der Waals surface area (Å²) in [4.78, 5) is 8.30. The molecule has 0 atom stereocenters. The zero-order chi connectivity index (χ0) is 15.9. The Balaban J connectivity index is 2.39. The molecule has 114 valence electrons. The van der Waals surface area contributed by atoms with Crippen LogP contribution in [-0.2, 0) is 6.42 Å².